The number of nitrogens with zero attached hydrogens (tertiary/aromatic N) is 3. The molecule has 1 aromatic carbocycles. The van der Waals surface area contributed by atoms with E-state index in [9.17, 15) is 18.5 Å². The SMILES string of the molecule is CC(C)(C)N1Cc2cc(NC3NN([C@]4(CC#N)CCOC4)C4CCNC(=O)C34)ccc2S1(=O)=O. The van der Waals surface area contributed by atoms with Crippen LogP contribution >= 0.6 is 0 Å². The van der Waals surface area contributed by atoms with Crippen LogP contribution in [0.3, 0.4) is 0 Å². The van der Waals surface area contributed by atoms with Gasteiger partial charge in [0.1, 0.15) is 6.17 Å². The first-order valence-corrected chi connectivity index (χ1v) is 13.2. The van der Waals surface area contributed by atoms with E-state index in [0.717, 1.165) is 24.1 Å². The smallest absolute Gasteiger partial charge is 0.244 e. The van der Waals surface area contributed by atoms with Crippen LogP contribution in [0.2, 0.25) is 0 Å². The molecular formula is C23H32N6O4S. The number of carbonyl (C=O) groups is 1. The topological polar surface area (TPSA) is 127 Å². The van der Waals surface area contributed by atoms with Crippen molar-refractivity contribution < 1.29 is 17.9 Å². The number of nitriles is 1. The zero-order valence-electron chi connectivity index (χ0n) is 19.8. The summed E-state index contributed by atoms with van der Waals surface area (Å²) < 4.78 is 33.2. The lowest BCUT2D eigenvalue weighted by Gasteiger charge is -2.41. The fourth-order valence-electron chi connectivity index (χ4n) is 5.75. The van der Waals surface area contributed by atoms with Crippen molar-refractivity contribution >= 4 is 21.6 Å². The van der Waals surface area contributed by atoms with Gasteiger partial charge in [-0.2, -0.15) is 9.57 Å². The fraction of sp³-hybridized carbons (Fsp3) is 0.652. The van der Waals surface area contributed by atoms with Gasteiger partial charge >= 0.3 is 0 Å². The van der Waals surface area contributed by atoms with E-state index in [-0.39, 0.29) is 17.9 Å². The van der Waals surface area contributed by atoms with E-state index < -0.39 is 27.3 Å². The van der Waals surface area contributed by atoms with Gasteiger partial charge in [-0.15, -0.1) is 0 Å². The Morgan fingerprint density at radius 2 is 2.15 bits per heavy atom. The molecule has 184 valence electrons. The molecule has 1 amide bonds. The van der Waals surface area contributed by atoms with Crippen LogP contribution in [0.15, 0.2) is 23.1 Å². The van der Waals surface area contributed by atoms with Gasteiger partial charge in [0.25, 0.3) is 0 Å². The molecule has 0 radical (unpaired) electrons. The summed E-state index contributed by atoms with van der Waals surface area (Å²) >= 11 is 0. The minimum atomic E-state index is -3.54. The van der Waals surface area contributed by atoms with Crippen molar-refractivity contribution in [3.63, 3.8) is 0 Å². The number of piperidine rings is 1. The zero-order valence-corrected chi connectivity index (χ0v) is 20.6. The van der Waals surface area contributed by atoms with Crippen LogP contribution in [-0.2, 0) is 26.1 Å². The quantitative estimate of drug-likeness (QED) is 0.576. The number of hydrogen-bond donors (Lipinski definition) is 3. The normalized spacial score (nSPS) is 33.2. The van der Waals surface area contributed by atoms with Gasteiger partial charge in [0.15, 0.2) is 0 Å². The molecule has 0 aliphatic carbocycles. The van der Waals surface area contributed by atoms with Gasteiger partial charge in [-0.25, -0.2) is 18.9 Å². The van der Waals surface area contributed by atoms with Crippen LogP contribution in [0, 0.1) is 17.2 Å². The van der Waals surface area contributed by atoms with E-state index >= 15 is 0 Å². The lowest BCUT2D eigenvalue weighted by atomic mass is 9.86. The molecule has 4 aliphatic heterocycles. The number of benzene rings is 1. The van der Waals surface area contributed by atoms with Crippen molar-refractivity contribution in [2.45, 2.75) is 74.8 Å². The van der Waals surface area contributed by atoms with E-state index in [1.54, 1.807) is 12.1 Å². The lowest BCUT2D eigenvalue weighted by Crippen LogP contribution is -2.59. The molecule has 1 aromatic rings. The molecule has 3 saturated heterocycles. The van der Waals surface area contributed by atoms with Gasteiger partial charge in [-0.3, -0.25) is 4.79 Å². The molecule has 0 aromatic heterocycles. The number of carbonyl (C=O) groups excluding carboxylic acids is 1. The summed E-state index contributed by atoms with van der Waals surface area (Å²) in [5.41, 5.74) is 4.00. The Morgan fingerprint density at radius 3 is 2.82 bits per heavy atom. The molecule has 3 N–H and O–H groups in total. The molecule has 11 heteroatoms. The van der Waals surface area contributed by atoms with Crippen molar-refractivity contribution in [2.75, 3.05) is 25.1 Å². The highest BCUT2D eigenvalue weighted by Crippen LogP contribution is 2.40. The summed E-state index contributed by atoms with van der Waals surface area (Å²) in [6.45, 7) is 7.61. The number of amides is 1. The van der Waals surface area contributed by atoms with Crippen LogP contribution in [0.5, 0.6) is 0 Å². The third-order valence-electron chi connectivity index (χ3n) is 7.44. The second-order valence-corrected chi connectivity index (χ2v) is 12.5. The Kier molecular flexibility index (Phi) is 5.65. The monoisotopic (exact) mass is 488 g/mol. The maximum atomic E-state index is 13.0. The number of fused-ring (bicyclic) bond motifs is 2. The molecule has 4 aliphatic rings. The van der Waals surface area contributed by atoms with Crippen molar-refractivity contribution in [3.05, 3.63) is 23.8 Å². The highest BCUT2D eigenvalue weighted by Gasteiger charge is 2.55. The Morgan fingerprint density at radius 1 is 1.35 bits per heavy atom. The van der Waals surface area contributed by atoms with Crippen LogP contribution < -0.4 is 16.1 Å². The second-order valence-electron chi connectivity index (χ2n) is 10.7. The minimum absolute atomic E-state index is 0.0302. The molecule has 0 spiro atoms. The first-order valence-electron chi connectivity index (χ1n) is 11.8. The first kappa shape index (κ1) is 23.5. The zero-order chi connectivity index (χ0) is 24.3. The highest BCUT2D eigenvalue weighted by molar-refractivity contribution is 7.89. The average Bonchev–Trinajstić information content (AvgIpc) is 3.44. The predicted molar refractivity (Wildman–Crippen MR) is 125 cm³/mol. The number of sulfonamides is 1. The van der Waals surface area contributed by atoms with Crippen molar-refractivity contribution in [1.29, 1.82) is 5.26 Å². The molecule has 5 rings (SSSR count). The third-order valence-corrected chi connectivity index (χ3v) is 9.65. The number of rotatable bonds is 4. The lowest BCUT2D eigenvalue weighted by molar-refractivity contribution is -0.128. The van der Waals surface area contributed by atoms with E-state index in [0.29, 0.717) is 37.6 Å². The molecule has 4 heterocycles. The number of nitrogens with one attached hydrogen (secondary N) is 3. The minimum Gasteiger partial charge on any atom is -0.379 e. The van der Waals surface area contributed by atoms with E-state index in [2.05, 4.69) is 27.1 Å². The Bertz CT molecular complexity index is 1140. The Balaban J connectivity index is 1.43. The molecule has 34 heavy (non-hydrogen) atoms. The predicted octanol–water partition coefficient (Wildman–Crippen LogP) is 1.13. The van der Waals surface area contributed by atoms with E-state index in [1.807, 2.05) is 26.8 Å². The highest BCUT2D eigenvalue weighted by atomic mass is 32.2. The largest absolute Gasteiger partial charge is 0.379 e. The van der Waals surface area contributed by atoms with Gasteiger partial charge < -0.3 is 15.4 Å². The number of anilines is 1. The van der Waals surface area contributed by atoms with Gasteiger partial charge in [-0.1, -0.05) is 0 Å². The second kappa shape index (κ2) is 8.17. The summed E-state index contributed by atoms with van der Waals surface area (Å²) in [5, 5.41) is 18.0. The molecule has 0 saturated carbocycles. The molecule has 3 unspecified atom stereocenters. The summed E-state index contributed by atoms with van der Waals surface area (Å²) in [4.78, 5) is 13.3. The van der Waals surface area contributed by atoms with Crippen LogP contribution in [0.4, 0.5) is 5.69 Å². The Labute approximate surface area is 200 Å². The average molecular weight is 489 g/mol. The molecule has 0 bridgehead atoms. The number of ether oxygens (including phenoxy) is 1. The Hall–Kier alpha value is -2.23. The summed E-state index contributed by atoms with van der Waals surface area (Å²) in [6, 6.07) is 7.51. The van der Waals surface area contributed by atoms with Crippen LogP contribution in [0.25, 0.3) is 0 Å². The van der Waals surface area contributed by atoms with Crippen molar-refractivity contribution in [2.24, 2.45) is 5.92 Å². The number of hydrogen-bond acceptors (Lipinski definition) is 8. The fourth-order valence-corrected chi connectivity index (χ4v) is 7.72. The van der Waals surface area contributed by atoms with Gasteiger partial charge in [0.05, 0.1) is 35.4 Å². The molecule has 3 fully saturated rings. The molecule has 10 nitrogen and oxygen atoms in total. The summed E-state index contributed by atoms with van der Waals surface area (Å²) in [7, 11) is -3.54. The molecule has 4 atom stereocenters. The standard InChI is InChI=1S/C23H32N6O4S/c1-22(2,3)28-13-15-12-16(4-5-18(15)34(28,31)32)26-20-19-17(6-10-25-21(19)30)29(27-20)23(7-9-24)8-11-33-14-23/h4-5,12,17,19-20,26-27H,6-8,10-11,13-14H2,1-3H3,(H,25,30)/t17?,19?,20?,23-/m1/s1. The maximum Gasteiger partial charge on any atom is 0.244 e. The van der Waals surface area contributed by atoms with E-state index in [4.69, 9.17) is 4.74 Å². The summed E-state index contributed by atoms with van der Waals surface area (Å²) in [6.07, 6.45) is 1.43. The van der Waals surface area contributed by atoms with Crippen LogP contribution in [-0.4, -0.2) is 66.7 Å². The maximum absolute atomic E-state index is 13.0. The number of hydrazine groups is 1. The van der Waals surface area contributed by atoms with Crippen molar-refractivity contribution in [1.82, 2.24) is 20.1 Å². The molecular weight excluding hydrogens is 456 g/mol. The first-order chi connectivity index (χ1) is 16.1. The van der Waals surface area contributed by atoms with Crippen molar-refractivity contribution in [3.8, 4) is 6.07 Å². The summed E-state index contributed by atoms with van der Waals surface area (Å²) in [5.74, 6) is -0.384. The van der Waals surface area contributed by atoms with Crippen LogP contribution in [0.1, 0.15) is 45.6 Å². The van der Waals surface area contributed by atoms with Gasteiger partial charge in [0, 0.05) is 37.0 Å². The van der Waals surface area contributed by atoms with Gasteiger partial charge in [-0.05, 0) is 57.4 Å². The third kappa shape index (κ3) is 3.69. The van der Waals surface area contributed by atoms with E-state index in [1.165, 1.54) is 4.31 Å². The van der Waals surface area contributed by atoms with Gasteiger partial charge in [0.2, 0.25) is 15.9 Å².